The van der Waals surface area contributed by atoms with Crippen LogP contribution in [0.15, 0.2) is 42.9 Å². The van der Waals surface area contributed by atoms with Crippen LogP contribution in [0.1, 0.15) is 17.5 Å². The van der Waals surface area contributed by atoms with Gasteiger partial charge in [-0.1, -0.05) is 6.07 Å². The van der Waals surface area contributed by atoms with Crippen LogP contribution in [0.3, 0.4) is 0 Å². The number of nitrogens with zero attached hydrogens (tertiary/aromatic N) is 2. The predicted octanol–water partition coefficient (Wildman–Crippen LogP) is 2.21. The molecule has 100 valence electrons. The highest BCUT2D eigenvalue weighted by Gasteiger charge is 1.96. The highest BCUT2D eigenvalue weighted by molar-refractivity contribution is 5.17. The molecule has 0 saturated carbocycles. The highest BCUT2D eigenvalue weighted by Crippen LogP contribution is 2.08. The van der Waals surface area contributed by atoms with Crippen molar-refractivity contribution in [2.45, 2.75) is 19.4 Å². The van der Waals surface area contributed by atoms with Gasteiger partial charge in [0, 0.05) is 31.2 Å². The molecule has 0 aliphatic heterocycles. The Kier molecular flexibility index (Phi) is 5.31. The van der Waals surface area contributed by atoms with E-state index in [2.05, 4.69) is 21.4 Å². The van der Waals surface area contributed by atoms with Crippen LogP contribution in [0.2, 0.25) is 0 Å². The Morgan fingerprint density at radius 3 is 2.63 bits per heavy atom. The molecule has 0 bridgehead atoms. The lowest BCUT2D eigenvalue weighted by Crippen LogP contribution is -2.15. The minimum atomic E-state index is 0.666. The largest absolute Gasteiger partial charge is 0.481 e. The van der Waals surface area contributed by atoms with Gasteiger partial charge in [-0.2, -0.15) is 0 Å². The van der Waals surface area contributed by atoms with E-state index in [0.717, 1.165) is 25.9 Å². The number of hydrogen-bond acceptors (Lipinski definition) is 4. The van der Waals surface area contributed by atoms with E-state index in [1.807, 2.05) is 36.8 Å². The molecule has 0 aliphatic rings. The number of methoxy groups -OCH3 is 1. The van der Waals surface area contributed by atoms with Crippen molar-refractivity contribution in [2.24, 2.45) is 0 Å². The van der Waals surface area contributed by atoms with E-state index in [1.165, 1.54) is 11.1 Å². The maximum absolute atomic E-state index is 5.03. The minimum absolute atomic E-state index is 0.666. The molecule has 0 unspecified atom stereocenters. The third-order valence-electron chi connectivity index (χ3n) is 2.90. The maximum Gasteiger partial charge on any atom is 0.212 e. The van der Waals surface area contributed by atoms with Crippen LogP contribution >= 0.6 is 0 Å². The molecule has 0 saturated heterocycles. The third-order valence-corrected chi connectivity index (χ3v) is 2.90. The Bertz CT molecular complexity index is 471. The molecule has 2 rings (SSSR count). The molecule has 4 nitrogen and oxygen atoms in total. The number of hydrogen-bond donors (Lipinski definition) is 1. The van der Waals surface area contributed by atoms with Crippen LogP contribution < -0.4 is 10.1 Å². The molecule has 0 amide bonds. The van der Waals surface area contributed by atoms with Gasteiger partial charge < -0.3 is 10.1 Å². The van der Waals surface area contributed by atoms with Crippen molar-refractivity contribution in [3.8, 4) is 5.88 Å². The molecule has 1 N–H and O–H groups in total. The number of rotatable bonds is 7. The van der Waals surface area contributed by atoms with Crippen molar-refractivity contribution < 1.29 is 4.74 Å². The summed E-state index contributed by atoms with van der Waals surface area (Å²) >= 11 is 0. The topological polar surface area (TPSA) is 47.0 Å². The molecular formula is C15H19N3O. The zero-order valence-electron chi connectivity index (χ0n) is 11.2. The van der Waals surface area contributed by atoms with Crippen LogP contribution in [0, 0.1) is 0 Å². The number of aryl methyl sites for hydroxylation is 1. The second kappa shape index (κ2) is 7.48. The average molecular weight is 257 g/mol. The first-order valence-electron chi connectivity index (χ1n) is 6.47. The van der Waals surface area contributed by atoms with Crippen molar-refractivity contribution >= 4 is 0 Å². The first-order valence-corrected chi connectivity index (χ1v) is 6.47. The molecule has 2 aromatic rings. The number of ether oxygens (including phenoxy) is 1. The van der Waals surface area contributed by atoms with Crippen molar-refractivity contribution in [3.63, 3.8) is 0 Å². The summed E-state index contributed by atoms with van der Waals surface area (Å²) < 4.78 is 5.03. The predicted molar refractivity (Wildman–Crippen MR) is 75.1 cm³/mol. The first kappa shape index (κ1) is 13.5. The number of pyridine rings is 2. The highest BCUT2D eigenvalue weighted by atomic mass is 16.5. The van der Waals surface area contributed by atoms with E-state index in [-0.39, 0.29) is 0 Å². The molecule has 0 atom stereocenters. The Hall–Kier alpha value is -1.94. The molecule has 4 heteroatoms. The Morgan fingerprint density at radius 2 is 1.95 bits per heavy atom. The van der Waals surface area contributed by atoms with E-state index in [0.29, 0.717) is 5.88 Å². The fraction of sp³-hybridized carbons (Fsp3) is 0.333. The summed E-state index contributed by atoms with van der Waals surface area (Å²) in [6.45, 7) is 1.89. The van der Waals surface area contributed by atoms with Gasteiger partial charge >= 0.3 is 0 Å². The molecule has 0 fully saturated rings. The quantitative estimate of drug-likeness (QED) is 0.773. The van der Waals surface area contributed by atoms with Gasteiger partial charge in [0.1, 0.15) is 0 Å². The zero-order chi connectivity index (χ0) is 13.3. The molecule has 19 heavy (non-hydrogen) atoms. The van der Waals surface area contributed by atoms with E-state index >= 15 is 0 Å². The van der Waals surface area contributed by atoms with Crippen molar-refractivity contribution in [3.05, 3.63) is 54.0 Å². The summed E-state index contributed by atoms with van der Waals surface area (Å²) in [5, 5.41) is 3.42. The van der Waals surface area contributed by atoms with E-state index in [1.54, 1.807) is 7.11 Å². The van der Waals surface area contributed by atoms with Crippen LogP contribution in [-0.2, 0) is 13.0 Å². The molecule has 0 radical (unpaired) electrons. The van der Waals surface area contributed by atoms with Crippen molar-refractivity contribution in [1.29, 1.82) is 0 Å². The lowest BCUT2D eigenvalue weighted by molar-refractivity contribution is 0.397. The van der Waals surface area contributed by atoms with Gasteiger partial charge in [0.15, 0.2) is 0 Å². The monoisotopic (exact) mass is 257 g/mol. The molecule has 2 heterocycles. The minimum Gasteiger partial charge on any atom is -0.481 e. The van der Waals surface area contributed by atoms with E-state index < -0.39 is 0 Å². The van der Waals surface area contributed by atoms with Gasteiger partial charge in [0.05, 0.1) is 7.11 Å². The van der Waals surface area contributed by atoms with Gasteiger partial charge in [-0.05, 0) is 42.6 Å². The van der Waals surface area contributed by atoms with Gasteiger partial charge in [-0.3, -0.25) is 4.98 Å². The number of aromatic nitrogens is 2. The van der Waals surface area contributed by atoms with Gasteiger partial charge in [-0.25, -0.2) is 4.98 Å². The summed E-state index contributed by atoms with van der Waals surface area (Å²) in [5.41, 5.74) is 2.51. The second-order valence-corrected chi connectivity index (χ2v) is 4.34. The second-order valence-electron chi connectivity index (χ2n) is 4.34. The zero-order valence-corrected chi connectivity index (χ0v) is 11.2. The van der Waals surface area contributed by atoms with Crippen LogP contribution in [-0.4, -0.2) is 23.6 Å². The van der Waals surface area contributed by atoms with Crippen LogP contribution in [0.4, 0.5) is 0 Å². The maximum atomic E-state index is 5.03. The normalized spacial score (nSPS) is 10.4. The lowest BCUT2D eigenvalue weighted by Gasteiger charge is -2.05. The number of nitrogens with one attached hydrogen (secondary N) is 1. The van der Waals surface area contributed by atoms with Gasteiger partial charge in [-0.15, -0.1) is 0 Å². The fourth-order valence-corrected chi connectivity index (χ4v) is 1.83. The molecular weight excluding hydrogens is 238 g/mol. The summed E-state index contributed by atoms with van der Waals surface area (Å²) in [7, 11) is 1.63. The van der Waals surface area contributed by atoms with Gasteiger partial charge in [0.2, 0.25) is 5.88 Å². The molecule has 0 aliphatic carbocycles. The summed E-state index contributed by atoms with van der Waals surface area (Å²) in [4.78, 5) is 8.19. The lowest BCUT2D eigenvalue weighted by atomic mass is 10.1. The molecule has 0 aromatic carbocycles. The van der Waals surface area contributed by atoms with Crippen molar-refractivity contribution in [1.82, 2.24) is 15.3 Å². The smallest absolute Gasteiger partial charge is 0.212 e. The van der Waals surface area contributed by atoms with Crippen molar-refractivity contribution in [2.75, 3.05) is 13.7 Å². The summed E-state index contributed by atoms with van der Waals surface area (Å²) in [6.07, 6.45) is 7.64. The van der Waals surface area contributed by atoms with E-state index in [9.17, 15) is 0 Å². The average Bonchev–Trinajstić information content (AvgIpc) is 2.49. The Morgan fingerprint density at radius 1 is 1.11 bits per heavy atom. The summed E-state index contributed by atoms with van der Waals surface area (Å²) in [6, 6.07) is 8.02. The van der Waals surface area contributed by atoms with E-state index in [4.69, 9.17) is 4.74 Å². The molecule has 0 spiro atoms. The third kappa shape index (κ3) is 4.67. The standard InChI is InChI=1S/C15H19N3O/c1-19-15-5-4-13(12-18-15)3-2-8-17-11-14-6-9-16-10-7-14/h4-7,9-10,12,17H,2-3,8,11H2,1H3. The Labute approximate surface area is 113 Å². The Balaban J connectivity index is 1.63. The molecule has 2 aromatic heterocycles. The SMILES string of the molecule is COc1ccc(CCCNCc2ccncc2)cn1. The fourth-order valence-electron chi connectivity index (χ4n) is 1.83. The first-order chi connectivity index (χ1) is 9.38. The van der Waals surface area contributed by atoms with Crippen LogP contribution in [0.25, 0.3) is 0 Å². The van der Waals surface area contributed by atoms with Gasteiger partial charge in [0.25, 0.3) is 0 Å². The van der Waals surface area contributed by atoms with Crippen LogP contribution in [0.5, 0.6) is 5.88 Å². The summed E-state index contributed by atoms with van der Waals surface area (Å²) in [5.74, 6) is 0.666.